The van der Waals surface area contributed by atoms with E-state index in [-0.39, 0.29) is 31.1 Å². The SMILES string of the molecule is CCOC(=O)[C@@]12CCCC[C@@]13c1cc(OC(C)=O)c(OC(C)=O)cc1CCN3C(=O)C2=O. The topological polar surface area (TPSA) is 116 Å². The number of benzene rings is 1. The fraction of sp³-hybridized carbons (Fsp3) is 0.522. The van der Waals surface area contributed by atoms with E-state index in [1.165, 1.54) is 24.8 Å². The molecule has 1 saturated carbocycles. The summed E-state index contributed by atoms with van der Waals surface area (Å²) in [5.74, 6) is -3.28. The predicted molar refractivity (Wildman–Crippen MR) is 109 cm³/mol. The van der Waals surface area contributed by atoms with Gasteiger partial charge in [-0.15, -0.1) is 0 Å². The molecule has 0 bridgehead atoms. The van der Waals surface area contributed by atoms with E-state index in [4.69, 9.17) is 14.2 Å². The molecular formula is C23H25NO8. The average Bonchev–Trinajstić information content (AvgIpc) is 2.94. The minimum Gasteiger partial charge on any atom is -0.465 e. The molecule has 2 atom stereocenters. The molecule has 1 aliphatic carbocycles. The molecule has 1 amide bonds. The monoisotopic (exact) mass is 443 g/mol. The van der Waals surface area contributed by atoms with Gasteiger partial charge >= 0.3 is 17.9 Å². The van der Waals surface area contributed by atoms with Crippen LogP contribution < -0.4 is 9.47 Å². The molecule has 1 spiro atoms. The smallest absolute Gasteiger partial charge is 0.323 e. The van der Waals surface area contributed by atoms with Gasteiger partial charge in [-0.2, -0.15) is 0 Å². The number of hydrogen-bond donors (Lipinski definition) is 0. The third-order valence-corrected chi connectivity index (χ3v) is 6.69. The molecule has 32 heavy (non-hydrogen) atoms. The van der Waals surface area contributed by atoms with Crippen molar-refractivity contribution in [1.29, 1.82) is 0 Å². The van der Waals surface area contributed by atoms with Gasteiger partial charge in [0.2, 0.25) is 5.78 Å². The van der Waals surface area contributed by atoms with Gasteiger partial charge in [0.25, 0.3) is 5.91 Å². The van der Waals surface area contributed by atoms with Crippen LogP contribution in [0.5, 0.6) is 11.5 Å². The van der Waals surface area contributed by atoms with Crippen molar-refractivity contribution in [3.63, 3.8) is 0 Å². The maximum Gasteiger partial charge on any atom is 0.323 e. The fourth-order valence-electron chi connectivity index (χ4n) is 5.65. The summed E-state index contributed by atoms with van der Waals surface area (Å²) in [5.41, 5.74) is -1.61. The lowest BCUT2D eigenvalue weighted by molar-refractivity contribution is -0.169. The Morgan fingerprint density at radius 2 is 1.62 bits per heavy atom. The maximum absolute atomic E-state index is 13.4. The number of Topliss-reactive ketones (excluding diaryl/α,β-unsaturated/α-hetero) is 1. The lowest BCUT2D eigenvalue weighted by Crippen LogP contribution is -2.60. The third-order valence-electron chi connectivity index (χ3n) is 6.69. The van der Waals surface area contributed by atoms with E-state index >= 15 is 0 Å². The summed E-state index contributed by atoms with van der Waals surface area (Å²) < 4.78 is 15.9. The second-order valence-corrected chi connectivity index (χ2v) is 8.37. The van der Waals surface area contributed by atoms with Crippen LogP contribution in [0, 0.1) is 5.41 Å². The van der Waals surface area contributed by atoms with Crippen molar-refractivity contribution < 1.29 is 38.2 Å². The van der Waals surface area contributed by atoms with Crippen molar-refractivity contribution in [2.75, 3.05) is 13.2 Å². The predicted octanol–water partition coefficient (Wildman–Crippen LogP) is 1.82. The number of nitrogens with zero attached hydrogens (tertiary/aromatic N) is 1. The average molecular weight is 443 g/mol. The lowest BCUT2D eigenvalue weighted by Gasteiger charge is -2.52. The third kappa shape index (κ3) is 2.87. The minimum absolute atomic E-state index is 0.00203. The normalized spacial score (nSPS) is 26.0. The fourth-order valence-corrected chi connectivity index (χ4v) is 5.65. The van der Waals surface area contributed by atoms with E-state index in [0.717, 1.165) is 5.56 Å². The molecule has 0 N–H and O–H groups in total. The zero-order chi connectivity index (χ0) is 23.3. The van der Waals surface area contributed by atoms with E-state index in [1.807, 2.05) is 0 Å². The zero-order valence-electron chi connectivity index (χ0n) is 18.3. The summed E-state index contributed by atoms with van der Waals surface area (Å²) in [4.78, 5) is 64.6. The van der Waals surface area contributed by atoms with Crippen molar-refractivity contribution in [3.8, 4) is 11.5 Å². The molecule has 3 aliphatic rings. The number of ketones is 1. The molecule has 9 heteroatoms. The van der Waals surface area contributed by atoms with Crippen LogP contribution in [0.3, 0.4) is 0 Å². The van der Waals surface area contributed by atoms with Crippen molar-refractivity contribution in [3.05, 3.63) is 23.3 Å². The lowest BCUT2D eigenvalue weighted by atomic mass is 9.56. The van der Waals surface area contributed by atoms with E-state index in [1.54, 1.807) is 13.0 Å². The molecule has 1 aromatic rings. The number of carbonyl (C=O) groups excluding carboxylic acids is 5. The second-order valence-electron chi connectivity index (χ2n) is 8.37. The van der Waals surface area contributed by atoms with Crippen LogP contribution >= 0.6 is 0 Å². The quantitative estimate of drug-likeness (QED) is 0.299. The van der Waals surface area contributed by atoms with Crippen LogP contribution in [-0.4, -0.2) is 47.6 Å². The van der Waals surface area contributed by atoms with Crippen molar-refractivity contribution in [2.45, 2.75) is 58.4 Å². The van der Waals surface area contributed by atoms with Gasteiger partial charge in [0.15, 0.2) is 16.9 Å². The van der Waals surface area contributed by atoms with Gasteiger partial charge in [-0.3, -0.25) is 24.0 Å². The van der Waals surface area contributed by atoms with Gasteiger partial charge in [-0.1, -0.05) is 12.8 Å². The highest BCUT2D eigenvalue weighted by Crippen LogP contribution is 2.62. The highest BCUT2D eigenvalue weighted by molar-refractivity contribution is 6.45. The van der Waals surface area contributed by atoms with Crippen molar-refractivity contribution in [2.24, 2.45) is 5.41 Å². The van der Waals surface area contributed by atoms with Crippen LogP contribution in [-0.2, 0) is 40.7 Å². The molecule has 1 saturated heterocycles. The van der Waals surface area contributed by atoms with Crippen LogP contribution in [0.1, 0.15) is 57.6 Å². The van der Waals surface area contributed by atoms with Gasteiger partial charge < -0.3 is 19.1 Å². The minimum atomic E-state index is -1.66. The number of amides is 1. The molecule has 4 rings (SSSR count). The Labute approximate surface area is 185 Å². The molecule has 170 valence electrons. The number of carbonyl (C=O) groups is 5. The highest BCUT2D eigenvalue weighted by atomic mass is 16.6. The number of esters is 3. The summed E-state index contributed by atoms with van der Waals surface area (Å²) >= 11 is 0. The second kappa shape index (κ2) is 7.72. The van der Waals surface area contributed by atoms with E-state index in [2.05, 4.69) is 0 Å². The van der Waals surface area contributed by atoms with Crippen LogP contribution in [0.2, 0.25) is 0 Å². The molecule has 0 unspecified atom stereocenters. The summed E-state index contributed by atoms with van der Waals surface area (Å²) in [6.45, 7) is 4.43. The number of hydrogen-bond acceptors (Lipinski definition) is 8. The number of rotatable bonds is 4. The first-order valence-electron chi connectivity index (χ1n) is 10.8. The molecule has 2 heterocycles. The Bertz CT molecular complexity index is 1050. The molecule has 1 aromatic carbocycles. The standard InChI is InChI=1S/C23H25NO8/c1-4-30-21(29)22-8-5-6-9-23(22)16-12-18(32-14(3)26)17(31-13(2)25)11-15(16)7-10-24(23)20(28)19(22)27/h11-12H,4-10H2,1-3H3/t22-,23+/m0/s1. The van der Waals surface area contributed by atoms with Gasteiger partial charge in [-0.25, -0.2) is 0 Å². The maximum atomic E-state index is 13.4. The molecule has 0 radical (unpaired) electrons. The summed E-state index contributed by atoms with van der Waals surface area (Å²) in [6, 6.07) is 3.13. The van der Waals surface area contributed by atoms with Crippen LogP contribution in [0.15, 0.2) is 12.1 Å². The van der Waals surface area contributed by atoms with Gasteiger partial charge in [0.1, 0.15) is 0 Å². The van der Waals surface area contributed by atoms with Crippen molar-refractivity contribution in [1.82, 2.24) is 4.90 Å². The molecule has 2 aliphatic heterocycles. The first kappa shape index (κ1) is 22.0. The van der Waals surface area contributed by atoms with Gasteiger partial charge in [-0.05, 0) is 49.4 Å². The molecule has 0 aromatic heterocycles. The van der Waals surface area contributed by atoms with E-state index in [9.17, 15) is 24.0 Å². The molecular weight excluding hydrogens is 418 g/mol. The summed E-state index contributed by atoms with van der Waals surface area (Å²) in [5, 5.41) is 0. The Balaban J connectivity index is 2.00. The van der Waals surface area contributed by atoms with E-state index in [0.29, 0.717) is 31.2 Å². The van der Waals surface area contributed by atoms with Crippen molar-refractivity contribution >= 4 is 29.6 Å². The molecule has 9 nitrogen and oxygen atoms in total. The van der Waals surface area contributed by atoms with Crippen LogP contribution in [0.4, 0.5) is 0 Å². The number of ether oxygens (including phenoxy) is 3. The zero-order valence-corrected chi connectivity index (χ0v) is 18.3. The van der Waals surface area contributed by atoms with Gasteiger partial charge in [0.05, 0.1) is 12.1 Å². The largest absolute Gasteiger partial charge is 0.465 e. The highest BCUT2D eigenvalue weighted by Gasteiger charge is 2.75. The molecule has 2 fully saturated rings. The van der Waals surface area contributed by atoms with Gasteiger partial charge in [0, 0.05) is 20.4 Å². The summed E-state index contributed by atoms with van der Waals surface area (Å²) in [7, 11) is 0. The Morgan fingerprint density at radius 1 is 1.00 bits per heavy atom. The Morgan fingerprint density at radius 3 is 2.25 bits per heavy atom. The van der Waals surface area contributed by atoms with E-state index < -0.39 is 40.6 Å². The first-order chi connectivity index (χ1) is 15.2. The Hall–Kier alpha value is -3.23. The van der Waals surface area contributed by atoms with Crippen LogP contribution in [0.25, 0.3) is 0 Å². The number of fused-ring (bicyclic) bond motifs is 1. The summed E-state index contributed by atoms with van der Waals surface area (Å²) in [6.07, 6.45) is 2.28. The first-order valence-corrected chi connectivity index (χ1v) is 10.8. The Kier molecular flexibility index (Phi) is 5.30.